The minimum Gasteiger partial charge on any atom is -0.497 e. The highest BCUT2D eigenvalue weighted by Gasteiger charge is 2.17. The van der Waals surface area contributed by atoms with Crippen LogP contribution in [0.25, 0.3) is 22.2 Å². The number of carbonyl (C=O) groups excluding carboxylic acids is 1. The lowest BCUT2D eigenvalue weighted by atomic mass is 10.1. The van der Waals surface area contributed by atoms with Crippen molar-refractivity contribution in [1.82, 2.24) is 19.9 Å². The highest BCUT2D eigenvalue weighted by Crippen LogP contribution is 2.27. The zero-order valence-electron chi connectivity index (χ0n) is 17.9. The minimum atomic E-state index is -0.328. The third kappa shape index (κ3) is 3.94. The number of methoxy groups -OCH3 is 1. The van der Waals surface area contributed by atoms with Crippen LogP contribution in [0.3, 0.4) is 0 Å². The van der Waals surface area contributed by atoms with Gasteiger partial charge in [0.1, 0.15) is 11.4 Å². The van der Waals surface area contributed by atoms with E-state index in [0.29, 0.717) is 17.0 Å². The van der Waals surface area contributed by atoms with Gasteiger partial charge in [0.15, 0.2) is 0 Å². The molecule has 0 bridgehead atoms. The Labute approximate surface area is 179 Å². The van der Waals surface area contributed by atoms with Crippen molar-refractivity contribution in [2.75, 3.05) is 7.11 Å². The molecule has 3 heterocycles. The number of H-pyrrole nitrogens is 1. The summed E-state index contributed by atoms with van der Waals surface area (Å²) in [6.45, 7) is 3.82. The van der Waals surface area contributed by atoms with Gasteiger partial charge in [0.05, 0.1) is 18.3 Å². The van der Waals surface area contributed by atoms with Gasteiger partial charge in [-0.05, 0) is 61.9 Å². The molecule has 0 aliphatic carbocycles. The minimum absolute atomic E-state index is 0.128. The number of rotatable bonds is 5. The Bertz CT molecular complexity index is 1330. The van der Waals surface area contributed by atoms with Gasteiger partial charge in [0.2, 0.25) is 0 Å². The van der Waals surface area contributed by atoms with E-state index < -0.39 is 0 Å². The van der Waals surface area contributed by atoms with Crippen LogP contribution in [0, 0.1) is 13.8 Å². The second-order valence-corrected chi connectivity index (χ2v) is 7.57. The molecule has 0 unspecified atom stereocenters. The fourth-order valence-electron chi connectivity index (χ4n) is 3.70. The molecule has 0 saturated heterocycles. The Morgan fingerprint density at radius 2 is 1.90 bits per heavy atom. The van der Waals surface area contributed by atoms with E-state index in [1.54, 1.807) is 7.11 Å². The molecule has 0 radical (unpaired) electrons. The first-order valence-corrected chi connectivity index (χ1v) is 9.95. The molecule has 0 aliphatic heterocycles. The number of ether oxygens (including phenoxy) is 1. The number of aromatic nitrogens is 3. The number of aryl methyl sites for hydroxylation is 3. The van der Waals surface area contributed by atoms with E-state index in [-0.39, 0.29) is 18.0 Å². The molecule has 4 rings (SSSR count). The first-order valence-electron chi connectivity index (χ1n) is 9.95. The number of benzene rings is 1. The van der Waals surface area contributed by atoms with Crippen LogP contribution in [0.5, 0.6) is 5.75 Å². The van der Waals surface area contributed by atoms with E-state index in [2.05, 4.69) is 15.3 Å². The number of hydrogen-bond acceptors (Lipinski definition) is 4. The summed E-state index contributed by atoms with van der Waals surface area (Å²) >= 11 is 0. The topological polar surface area (TPSA) is 89.0 Å². The van der Waals surface area contributed by atoms with Crippen molar-refractivity contribution in [2.24, 2.45) is 7.05 Å². The standard InChI is InChI=1S/C24H24N4O3/c1-14-11-15(2)26-23(29)19(14)13-25-24(30)22-18-9-10-28(3)21(18)12-20(27-22)16-5-7-17(31-4)8-6-16/h5-12H,13H2,1-4H3,(H,25,30)(H,26,29). The van der Waals surface area contributed by atoms with Gasteiger partial charge in [0, 0.05) is 42.0 Å². The molecule has 0 atom stereocenters. The molecule has 1 amide bonds. The third-order valence-corrected chi connectivity index (χ3v) is 5.40. The van der Waals surface area contributed by atoms with Gasteiger partial charge in [-0.3, -0.25) is 9.59 Å². The summed E-state index contributed by atoms with van der Waals surface area (Å²) in [7, 11) is 3.55. The normalized spacial score (nSPS) is 11.0. The van der Waals surface area contributed by atoms with Crippen molar-refractivity contribution in [3.05, 3.63) is 81.5 Å². The van der Waals surface area contributed by atoms with E-state index in [1.807, 2.05) is 74.1 Å². The van der Waals surface area contributed by atoms with Crippen LogP contribution in [0.1, 0.15) is 27.3 Å². The van der Waals surface area contributed by atoms with Gasteiger partial charge in [0.25, 0.3) is 11.5 Å². The predicted octanol–water partition coefficient (Wildman–Crippen LogP) is 3.48. The summed E-state index contributed by atoms with van der Waals surface area (Å²) in [4.78, 5) is 32.8. The summed E-state index contributed by atoms with van der Waals surface area (Å²) < 4.78 is 7.18. The lowest BCUT2D eigenvalue weighted by Gasteiger charge is -2.11. The zero-order valence-corrected chi connectivity index (χ0v) is 17.9. The van der Waals surface area contributed by atoms with Crippen molar-refractivity contribution in [2.45, 2.75) is 20.4 Å². The van der Waals surface area contributed by atoms with Gasteiger partial charge in [-0.25, -0.2) is 4.98 Å². The maximum atomic E-state index is 13.1. The number of fused-ring (bicyclic) bond motifs is 1. The first-order chi connectivity index (χ1) is 14.9. The average molecular weight is 416 g/mol. The van der Waals surface area contributed by atoms with Crippen LogP contribution < -0.4 is 15.6 Å². The molecular weight excluding hydrogens is 392 g/mol. The van der Waals surface area contributed by atoms with E-state index >= 15 is 0 Å². The molecule has 7 nitrogen and oxygen atoms in total. The van der Waals surface area contributed by atoms with Gasteiger partial charge in [-0.2, -0.15) is 0 Å². The largest absolute Gasteiger partial charge is 0.497 e. The van der Waals surface area contributed by atoms with Crippen molar-refractivity contribution in [3.63, 3.8) is 0 Å². The first kappa shape index (κ1) is 20.4. The van der Waals surface area contributed by atoms with Crippen LogP contribution in [0.2, 0.25) is 0 Å². The number of pyridine rings is 2. The molecule has 0 saturated carbocycles. The number of nitrogens with one attached hydrogen (secondary N) is 2. The van der Waals surface area contributed by atoms with Crippen molar-refractivity contribution in [3.8, 4) is 17.0 Å². The zero-order chi connectivity index (χ0) is 22.1. The van der Waals surface area contributed by atoms with Crippen molar-refractivity contribution >= 4 is 16.8 Å². The second-order valence-electron chi connectivity index (χ2n) is 7.57. The number of aromatic amines is 1. The second kappa shape index (κ2) is 8.10. The Hall–Kier alpha value is -3.87. The monoisotopic (exact) mass is 416 g/mol. The van der Waals surface area contributed by atoms with Crippen LogP contribution in [-0.4, -0.2) is 27.6 Å². The molecule has 4 aromatic rings. The van der Waals surface area contributed by atoms with E-state index in [0.717, 1.165) is 33.5 Å². The quantitative estimate of drug-likeness (QED) is 0.521. The summed E-state index contributed by atoms with van der Waals surface area (Å²) in [5, 5.41) is 3.62. The van der Waals surface area contributed by atoms with Crippen LogP contribution in [0.4, 0.5) is 0 Å². The van der Waals surface area contributed by atoms with E-state index in [4.69, 9.17) is 4.74 Å². The molecule has 31 heavy (non-hydrogen) atoms. The molecule has 0 aliphatic rings. The molecule has 158 valence electrons. The lowest BCUT2D eigenvalue weighted by Crippen LogP contribution is -2.28. The summed E-state index contributed by atoms with van der Waals surface area (Å²) in [5.74, 6) is 0.422. The summed E-state index contributed by atoms with van der Waals surface area (Å²) in [6.07, 6.45) is 1.90. The fraction of sp³-hybridized carbons (Fsp3) is 0.208. The SMILES string of the molecule is COc1ccc(-c2cc3c(ccn3C)c(C(=O)NCc3c(C)cc(C)[nH]c3=O)n2)cc1. The lowest BCUT2D eigenvalue weighted by molar-refractivity contribution is 0.0947. The Kier molecular flexibility index (Phi) is 5.33. The molecule has 1 aromatic carbocycles. The molecule has 0 spiro atoms. The van der Waals surface area contributed by atoms with Gasteiger partial charge >= 0.3 is 0 Å². The van der Waals surface area contributed by atoms with E-state index in [9.17, 15) is 9.59 Å². The Morgan fingerprint density at radius 3 is 2.58 bits per heavy atom. The number of amides is 1. The Morgan fingerprint density at radius 1 is 1.16 bits per heavy atom. The summed E-state index contributed by atoms with van der Waals surface area (Å²) in [6, 6.07) is 13.3. The third-order valence-electron chi connectivity index (χ3n) is 5.40. The Balaban J connectivity index is 1.70. The molecule has 3 aromatic heterocycles. The van der Waals surface area contributed by atoms with Crippen molar-refractivity contribution in [1.29, 1.82) is 0 Å². The summed E-state index contributed by atoms with van der Waals surface area (Å²) in [5.41, 5.74) is 4.76. The number of carbonyl (C=O) groups is 1. The smallest absolute Gasteiger partial charge is 0.270 e. The highest BCUT2D eigenvalue weighted by molar-refractivity contribution is 6.05. The van der Waals surface area contributed by atoms with Crippen LogP contribution >= 0.6 is 0 Å². The number of hydrogen-bond donors (Lipinski definition) is 2. The molecule has 7 heteroatoms. The fourth-order valence-corrected chi connectivity index (χ4v) is 3.70. The maximum Gasteiger partial charge on any atom is 0.270 e. The predicted molar refractivity (Wildman–Crippen MR) is 120 cm³/mol. The van der Waals surface area contributed by atoms with Gasteiger partial charge in [-0.1, -0.05) is 0 Å². The molecule has 2 N–H and O–H groups in total. The highest BCUT2D eigenvalue weighted by atomic mass is 16.5. The maximum absolute atomic E-state index is 13.1. The van der Waals surface area contributed by atoms with E-state index in [1.165, 1.54) is 0 Å². The average Bonchev–Trinajstić information content (AvgIpc) is 3.13. The van der Waals surface area contributed by atoms with Gasteiger partial charge < -0.3 is 19.6 Å². The molecule has 0 fully saturated rings. The van der Waals surface area contributed by atoms with Crippen LogP contribution in [0.15, 0.2) is 53.5 Å². The number of nitrogens with zero attached hydrogens (tertiary/aromatic N) is 2. The molecular formula is C24H24N4O3. The van der Waals surface area contributed by atoms with Gasteiger partial charge in [-0.15, -0.1) is 0 Å². The van der Waals surface area contributed by atoms with Crippen molar-refractivity contribution < 1.29 is 9.53 Å². The van der Waals surface area contributed by atoms with Crippen LogP contribution in [-0.2, 0) is 13.6 Å².